The molecule has 2 amide bonds. The summed E-state index contributed by atoms with van der Waals surface area (Å²) >= 11 is 6.10. The Labute approximate surface area is 182 Å². The summed E-state index contributed by atoms with van der Waals surface area (Å²) in [6.07, 6.45) is -0.584. The number of nitrogens with one attached hydrogen (secondary N) is 1. The van der Waals surface area contributed by atoms with Crippen LogP contribution in [-0.2, 0) is 6.54 Å². The smallest absolute Gasteiger partial charge is 0.272 e. The molecule has 2 atom stereocenters. The topological polar surface area (TPSA) is 105 Å². The zero-order valence-corrected chi connectivity index (χ0v) is 17.6. The molecule has 0 fully saturated rings. The van der Waals surface area contributed by atoms with Gasteiger partial charge in [0.2, 0.25) is 5.88 Å². The minimum absolute atomic E-state index is 0.0500. The molecule has 1 aliphatic heterocycles. The number of halogens is 3. The van der Waals surface area contributed by atoms with Gasteiger partial charge in [0.05, 0.1) is 12.1 Å². The van der Waals surface area contributed by atoms with E-state index in [1.54, 1.807) is 19.9 Å². The Kier molecular flexibility index (Phi) is 7.01. The number of aliphatic hydroxyl groups excluding tert-OH is 1. The monoisotopic (exact) mass is 454 g/mol. The second-order valence-electron chi connectivity index (χ2n) is 7.11. The molecule has 0 saturated heterocycles. The normalized spacial score (nSPS) is 15.1. The van der Waals surface area contributed by atoms with Gasteiger partial charge in [-0.1, -0.05) is 11.6 Å². The number of amides is 2. The number of hydrogen-bond donors (Lipinski definition) is 2. The molecular formula is C20H21ClF2N4O4. The molecule has 8 nitrogen and oxygen atoms in total. The first-order valence-corrected chi connectivity index (χ1v) is 9.88. The van der Waals surface area contributed by atoms with E-state index in [2.05, 4.69) is 15.3 Å². The number of hydrogen-bond acceptors (Lipinski definition) is 6. The van der Waals surface area contributed by atoms with E-state index in [0.29, 0.717) is 16.7 Å². The second kappa shape index (κ2) is 9.52. The average Bonchev–Trinajstić information content (AvgIpc) is 3.07. The summed E-state index contributed by atoms with van der Waals surface area (Å²) in [5, 5.41) is 12.0. The summed E-state index contributed by atoms with van der Waals surface area (Å²) in [7, 11) is 0. The van der Waals surface area contributed by atoms with Crippen molar-refractivity contribution in [2.24, 2.45) is 0 Å². The number of aromatic nitrogens is 2. The zero-order chi connectivity index (χ0) is 22.7. The van der Waals surface area contributed by atoms with Crippen molar-refractivity contribution in [2.75, 3.05) is 13.2 Å². The molecule has 0 radical (unpaired) electrons. The van der Waals surface area contributed by atoms with Crippen molar-refractivity contribution in [2.45, 2.75) is 39.0 Å². The predicted octanol–water partition coefficient (Wildman–Crippen LogP) is 2.60. The Morgan fingerprint density at radius 3 is 2.77 bits per heavy atom. The van der Waals surface area contributed by atoms with E-state index in [1.165, 1.54) is 23.4 Å². The number of fused-ring (bicyclic) bond motifs is 1. The SMILES string of the molecule is CC(c1cnc(OCC(F)F)c(Cl)c1)N1Cc2c(ccnc2C(=O)NC[C@H](C)O)C1=O. The van der Waals surface area contributed by atoms with Crippen LogP contribution in [-0.4, -0.2) is 57.5 Å². The van der Waals surface area contributed by atoms with Crippen molar-refractivity contribution in [3.63, 3.8) is 0 Å². The number of carbonyl (C=O) groups excluding carboxylic acids is 2. The minimum atomic E-state index is -2.65. The van der Waals surface area contributed by atoms with Gasteiger partial charge in [-0.25, -0.2) is 13.8 Å². The van der Waals surface area contributed by atoms with E-state index in [-0.39, 0.29) is 35.6 Å². The lowest BCUT2D eigenvalue weighted by atomic mass is 10.1. The van der Waals surface area contributed by atoms with Crippen LogP contribution in [0.3, 0.4) is 0 Å². The molecule has 0 aliphatic carbocycles. The lowest BCUT2D eigenvalue weighted by molar-refractivity contribution is 0.0712. The Balaban J connectivity index is 1.79. The molecular weight excluding hydrogens is 434 g/mol. The molecule has 0 bridgehead atoms. The summed E-state index contributed by atoms with van der Waals surface area (Å²) in [6, 6.07) is 2.58. The highest BCUT2D eigenvalue weighted by atomic mass is 35.5. The summed E-state index contributed by atoms with van der Waals surface area (Å²) in [6.45, 7) is 2.68. The fourth-order valence-corrected chi connectivity index (χ4v) is 3.41. The highest BCUT2D eigenvalue weighted by molar-refractivity contribution is 6.31. The zero-order valence-electron chi connectivity index (χ0n) is 16.8. The number of alkyl halides is 2. The maximum Gasteiger partial charge on any atom is 0.272 e. The maximum absolute atomic E-state index is 12.9. The van der Waals surface area contributed by atoms with E-state index in [1.807, 2.05) is 0 Å². The minimum Gasteiger partial charge on any atom is -0.471 e. The molecule has 3 heterocycles. The van der Waals surface area contributed by atoms with E-state index >= 15 is 0 Å². The fourth-order valence-electron chi connectivity index (χ4n) is 3.18. The van der Waals surface area contributed by atoms with Gasteiger partial charge >= 0.3 is 0 Å². The van der Waals surface area contributed by atoms with Crippen molar-refractivity contribution in [1.82, 2.24) is 20.2 Å². The van der Waals surface area contributed by atoms with Crippen LogP contribution in [0, 0.1) is 0 Å². The molecule has 2 N–H and O–H groups in total. The first kappa shape index (κ1) is 22.8. The molecule has 1 aliphatic rings. The summed E-state index contributed by atoms with van der Waals surface area (Å²) in [4.78, 5) is 35.0. The Morgan fingerprint density at radius 2 is 2.13 bits per heavy atom. The van der Waals surface area contributed by atoms with Gasteiger partial charge in [-0.05, 0) is 31.5 Å². The highest BCUT2D eigenvalue weighted by Crippen LogP contribution is 2.34. The first-order chi connectivity index (χ1) is 14.7. The molecule has 11 heteroatoms. The third kappa shape index (κ3) is 5.08. The van der Waals surface area contributed by atoms with Gasteiger partial charge in [-0.2, -0.15) is 0 Å². The first-order valence-electron chi connectivity index (χ1n) is 9.50. The number of pyridine rings is 2. The molecule has 0 spiro atoms. The largest absolute Gasteiger partial charge is 0.471 e. The molecule has 166 valence electrons. The van der Waals surface area contributed by atoms with E-state index < -0.39 is 31.1 Å². The van der Waals surface area contributed by atoms with Crippen LogP contribution >= 0.6 is 11.6 Å². The van der Waals surface area contributed by atoms with Gasteiger partial charge in [-0.3, -0.25) is 14.6 Å². The van der Waals surface area contributed by atoms with Crippen LogP contribution in [0.15, 0.2) is 24.5 Å². The van der Waals surface area contributed by atoms with Gasteiger partial charge in [0.1, 0.15) is 10.7 Å². The van der Waals surface area contributed by atoms with Crippen LogP contribution < -0.4 is 10.1 Å². The van der Waals surface area contributed by atoms with E-state index in [4.69, 9.17) is 16.3 Å². The quantitative estimate of drug-likeness (QED) is 0.635. The Hall–Kier alpha value is -2.85. The van der Waals surface area contributed by atoms with Crippen molar-refractivity contribution < 1.29 is 28.2 Å². The van der Waals surface area contributed by atoms with E-state index in [0.717, 1.165) is 0 Å². The van der Waals surface area contributed by atoms with Gasteiger partial charge < -0.3 is 20.1 Å². The number of aliphatic hydroxyl groups is 1. The van der Waals surface area contributed by atoms with Crippen LogP contribution in [0.25, 0.3) is 0 Å². The van der Waals surface area contributed by atoms with Gasteiger partial charge in [0, 0.05) is 36.6 Å². The Morgan fingerprint density at radius 1 is 1.39 bits per heavy atom. The second-order valence-corrected chi connectivity index (χ2v) is 7.52. The van der Waals surface area contributed by atoms with Crippen molar-refractivity contribution in [3.05, 3.63) is 51.9 Å². The third-order valence-corrected chi connectivity index (χ3v) is 5.04. The highest BCUT2D eigenvalue weighted by Gasteiger charge is 2.35. The lowest BCUT2D eigenvalue weighted by Gasteiger charge is -2.24. The van der Waals surface area contributed by atoms with Gasteiger partial charge in [0.15, 0.2) is 6.61 Å². The summed E-state index contributed by atoms with van der Waals surface area (Å²) in [5.41, 5.74) is 1.54. The number of nitrogens with zero attached hydrogens (tertiary/aromatic N) is 3. The maximum atomic E-state index is 12.9. The van der Waals surface area contributed by atoms with Crippen LogP contribution in [0.2, 0.25) is 5.02 Å². The molecule has 31 heavy (non-hydrogen) atoms. The Bertz CT molecular complexity index is 990. The summed E-state index contributed by atoms with van der Waals surface area (Å²) < 4.78 is 29.5. The van der Waals surface area contributed by atoms with Crippen LogP contribution in [0.4, 0.5) is 8.78 Å². The number of carbonyl (C=O) groups is 2. The standard InChI is InChI=1S/C20H21ClF2N4O4/c1-10(28)6-25-18(29)17-14-8-27(20(30)13(14)3-4-24-17)11(2)12-5-15(21)19(26-7-12)31-9-16(22)23/h3-5,7,10-11,16,28H,6,8-9H2,1-2H3,(H,25,29)/t10-,11?/m0/s1. The molecule has 3 rings (SSSR count). The van der Waals surface area contributed by atoms with Crippen LogP contribution in [0.5, 0.6) is 5.88 Å². The predicted molar refractivity (Wildman–Crippen MR) is 107 cm³/mol. The van der Waals surface area contributed by atoms with Gasteiger partial charge in [0.25, 0.3) is 18.2 Å². The molecule has 2 aromatic rings. The van der Waals surface area contributed by atoms with E-state index in [9.17, 15) is 23.5 Å². The fraction of sp³-hybridized carbons (Fsp3) is 0.400. The van der Waals surface area contributed by atoms with Crippen LogP contribution in [0.1, 0.15) is 51.9 Å². The number of ether oxygens (including phenoxy) is 1. The average molecular weight is 455 g/mol. The van der Waals surface area contributed by atoms with Gasteiger partial charge in [-0.15, -0.1) is 0 Å². The van der Waals surface area contributed by atoms with Crippen molar-refractivity contribution in [1.29, 1.82) is 0 Å². The van der Waals surface area contributed by atoms with Crippen molar-refractivity contribution in [3.8, 4) is 5.88 Å². The molecule has 0 aromatic carbocycles. The summed E-state index contributed by atoms with van der Waals surface area (Å²) in [5.74, 6) is -0.885. The molecule has 2 aromatic heterocycles. The third-order valence-electron chi connectivity index (χ3n) is 4.77. The number of rotatable bonds is 8. The van der Waals surface area contributed by atoms with Crippen molar-refractivity contribution >= 4 is 23.4 Å². The lowest BCUT2D eigenvalue weighted by Crippen LogP contribution is -2.32. The molecule has 0 saturated carbocycles. The molecule has 1 unspecified atom stereocenters.